The van der Waals surface area contributed by atoms with Crippen molar-refractivity contribution in [3.8, 4) is 11.8 Å². The Morgan fingerprint density at radius 2 is 2.31 bits per heavy atom. The second-order valence-electron chi connectivity index (χ2n) is 2.30. The lowest BCUT2D eigenvalue weighted by atomic mass is 9.79. The first-order valence-electron chi connectivity index (χ1n) is 3.49. The van der Waals surface area contributed by atoms with Crippen molar-refractivity contribution in [2.75, 3.05) is 7.11 Å². The van der Waals surface area contributed by atoms with Crippen LogP contribution in [-0.2, 0) is 0 Å². The van der Waals surface area contributed by atoms with Crippen LogP contribution in [0, 0.1) is 11.3 Å². The van der Waals surface area contributed by atoms with Gasteiger partial charge in [0.1, 0.15) is 17.5 Å². The third-order valence-corrected chi connectivity index (χ3v) is 1.51. The highest BCUT2D eigenvalue weighted by Crippen LogP contribution is 2.05. The molecule has 1 aromatic rings. The Balaban J connectivity index is 3.20. The Bertz CT molecular complexity index is 348. The van der Waals surface area contributed by atoms with E-state index in [0.717, 1.165) is 0 Å². The average Bonchev–Trinajstić information content (AvgIpc) is 2.16. The van der Waals surface area contributed by atoms with E-state index in [9.17, 15) is 0 Å². The summed E-state index contributed by atoms with van der Waals surface area (Å²) >= 11 is 0. The van der Waals surface area contributed by atoms with Gasteiger partial charge in [0, 0.05) is 5.46 Å². The molecule has 0 amide bonds. The van der Waals surface area contributed by atoms with Gasteiger partial charge >= 0.3 is 7.12 Å². The second kappa shape index (κ2) is 3.89. The molecule has 0 saturated heterocycles. The van der Waals surface area contributed by atoms with E-state index in [1.54, 1.807) is 6.07 Å². The molecule has 0 fully saturated rings. The lowest BCUT2D eigenvalue weighted by Gasteiger charge is -2.03. The third kappa shape index (κ3) is 1.96. The van der Waals surface area contributed by atoms with Gasteiger partial charge in [-0.2, -0.15) is 5.26 Å². The number of hydrogen-bond acceptors (Lipinski definition) is 5. The minimum atomic E-state index is -1.71. The minimum Gasteiger partial charge on any atom is -0.495 e. The Hall–Kier alpha value is -1.58. The Kier molecular flexibility index (Phi) is 2.85. The molecule has 6 heteroatoms. The molecular formula is C7H7BN2O3. The molecule has 0 aliphatic rings. The summed E-state index contributed by atoms with van der Waals surface area (Å²) in [6, 6.07) is 3.10. The van der Waals surface area contributed by atoms with E-state index in [4.69, 9.17) is 20.0 Å². The third-order valence-electron chi connectivity index (χ3n) is 1.51. The molecule has 0 bridgehead atoms. The molecule has 0 aromatic carbocycles. The van der Waals surface area contributed by atoms with Gasteiger partial charge in [-0.1, -0.05) is 0 Å². The molecule has 1 aromatic heterocycles. The van der Waals surface area contributed by atoms with Gasteiger partial charge in [-0.25, -0.2) is 4.98 Å². The molecule has 1 heterocycles. The lowest BCUT2D eigenvalue weighted by Crippen LogP contribution is -2.33. The smallest absolute Gasteiger partial charge is 0.491 e. The fourth-order valence-electron chi connectivity index (χ4n) is 0.863. The number of methoxy groups -OCH3 is 1. The topological polar surface area (TPSA) is 86.4 Å². The van der Waals surface area contributed by atoms with Crippen LogP contribution in [0.2, 0.25) is 0 Å². The van der Waals surface area contributed by atoms with E-state index in [0.29, 0.717) is 5.75 Å². The largest absolute Gasteiger partial charge is 0.495 e. The van der Waals surface area contributed by atoms with Crippen LogP contribution in [0.3, 0.4) is 0 Å². The molecule has 13 heavy (non-hydrogen) atoms. The maximum absolute atomic E-state index is 8.86. The Morgan fingerprint density at radius 1 is 1.62 bits per heavy atom. The van der Waals surface area contributed by atoms with Gasteiger partial charge in [-0.15, -0.1) is 0 Å². The summed E-state index contributed by atoms with van der Waals surface area (Å²) < 4.78 is 4.81. The summed E-state index contributed by atoms with van der Waals surface area (Å²) in [6.07, 6.45) is 1.34. The van der Waals surface area contributed by atoms with Crippen LogP contribution in [0.1, 0.15) is 5.69 Å². The number of rotatable bonds is 2. The average molecular weight is 178 g/mol. The van der Waals surface area contributed by atoms with E-state index in [2.05, 4.69) is 4.98 Å². The molecule has 66 valence electrons. The van der Waals surface area contributed by atoms with Crippen molar-refractivity contribution in [3.05, 3.63) is 18.0 Å². The zero-order valence-corrected chi connectivity index (χ0v) is 6.93. The van der Waals surface area contributed by atoms with Crippen molar-refractivity contribution in [3.63, 3.8) is 0 Å². The van der Waals surface area contributed by atoms with Crippen molar-refractivity contribution < 1.29 is 14.8 Å². The van der Waals surface area contributed by atoms with Crippen LogP contribution in [0.4, 0.5) is 0 Å². The maximum Gasteiger partial charge on any atom is 0.491 e. The second-order valence-corrected chi connectivity index (χ2v) is 2.30. The van der Waals surface area contributed by atoms with Crippen LogP contribution in [-0.4, -0.2) is 29.3 Å². The van der Waals surface area contributed by atoms with Gasteiger partial charge in [0.2, 0.25) is 0 Å². The summed E-state index contributed by atoms with van der Waals surface area (Å²) in [4.78, 5) is 3.68. The highest BCUT2D eigenvalue weighted by molar-refractivity contribution is 6.59. The molecule has 0 spiro atoms. The normalized spacial score (nSPS) is 9.08. The number of nitriles is 1. The zero-order chi connectivity index (χ0) is 9.84. The molecule has 0 aliphatic heterocycles. The molecule has 0 atom stereocenters. The summed E-state index contributed by atoms with van der Waals surface area (Å²) in [7, 11) is -0.284. The van der Waals surface area contributed by atoms with E-state index >= 15 is 0 Å². The highest BCUT2D eigenvalue weighted by atomic mass is 16.5. The minimum absolute atomic E-state index is 0.0178. The van der Waals surface area contributed by atoms with Crippen molar-refractivity contribution in [1.82, 2.24) is 4.98 Å². The number of nitrogens with zero attached hydrogens (tertiary/aromatic N) is 2. The molecule has 0 saturated carbocycles. The summed E-state index contributed by atoms with van der Waals surface area (Å²) in [5.74, 6) is 0.377. The Morgan fingerprint density at radius 3 is 2.77 bits per heavy atom. The number of aromatic nitrogens is 1. The van der Waals surface area contributed by atoms with Crippen molar-refractivity contribution in [1.29, 1.82) is 5.26 Å². The SMILES string of the molecule is COc1cnc(C#N)c(B(O)O)c1. The maximum atomic E-state index is 8.86. The summed E-state index contributed by atoms with van der Waals surface area (Å²) in [5, 5.41) is 26.3. The van der Waals surface area contributed by atoms with Crippen LogP contribution in [0.5, 0.6) is 5.75 Å². The first-order chi connectivity index (χ1) is 6.19. The predicted molar refractivity (Wildman–Crippen MR) is 45.3 cm³/mol. The van der Waals surface area contributed by atoms with Crippen molar-refractivity contribution in [2.45, 2.75) is 0 Å². The summed E-state index contributed by atoms with van der Waals surface area (Å²) in [6.45, 7) is 0. The number of hydrogen-bond donors (Lipinski definition) is 2. The van der Waals surface area contributed by atoms with Gasteiger partial charge in [-0.3, -0.25) is 0 Å². The molecule has 0 unspecified atom stereocenters. The molecular weight excluding hydrogens is 171 g/mol. The van der Waals surface area contributed by atoms with E-state index < -0.39 is 7.12 Å². The summed E-state index contributed by atoms with van der Waals surface area (Å²) in [5.41, 5.74) is 0.0256. The monoisotopic (exact) mass is 178 g/mol. The molecule has 0 radical (unpaired) electrons. The Labute approximate surface area is 75.4 Å². The molecule has 5 nitrogen and oxygen atoms in total. The van der Waals surface area contributed by atoms with Gasteiger partial charge in [0.25, 0.3) is 0 Å². The fourth-order valence-corrected chi connectivity index (χ4v) is 0.863. The van der Waals surface area contributed by atoms with Crippen LogP contribution >= 0.6 is 0 Å². The quantitative estimate of drug-likeness (QED) is 0.546. The van der Waals surface area contributed by atoms with E-state index in [-0.39, 0.29) is 11.2 Å². The standard InChI is InChI=1S/C7H7BN2O3/c1-13-5-2-6(8(11)12)7(3-9)10-4-5/h2,4,11-12H,1H3. The fraction of sp³-hybridized carbons (Fsp3) is 0.143. The van der Waals surface area contributed by atoms with Crippen LogP contribution in [0.15, 0.2) is 12.3 Å². The lowest BCUT2D eigenvalue weighted by molar-refractivity contribution is 0.410. The van der Waals surface area contributed by atoms with Gasteiger partial charge in [0.15, 0.2) is 0 Å². The van der Waals surface area contributed by atoms with E-state index in [1.165, 1.54) is 19.4 Å². The van der Waals surface area contributed by atoms with Crippen molar-refractivity contribution in [2.24, 2.45) is 0 Å². The first-order valence-corrected chi connectivity index (χ1v) is 3.49. The van der Waals surface area contributed by atoms with E-state index in [1.807, 2.05) is 0 Å². The first kappa shape index (κ1) is 9.51. The predicted octanol–water partition coefficient (Wildman–Crippen LogP) is -1.36. The van der Waals surface area contributed by atoms with Gasteiger partial charge in [-0.05, 0) is 6.07 Å². The van der Waals surface area contributed by atoms with Crippen LogP contribution in [0.25, 0.3) is 0 Å². The van der Waals surface area contributed by atoms with Gasteiger partial charge in [0.05, 0.1) is 13.3 Å². The molecule has 1 rings (SSSR count). The zero-order valence-electron chi connectivity index (χ0n) is 6.93. The molecule has 0 aliphatic carbocycles. The highest BCUT2D eigenvalue weighted by Gasteiger charge is 2.17. The van der Waals surface area contributed by atoms with Gasteiger partial charge < -0.3 is 14.8 Å². The number of pyridine rings is 1. The number of ether oxygens (including phenoxy) is 1. The van der Waals surface area contributed by atoms with Crippen molar-refractivity contribution >= 4 is 12.6 Å². The van der Waals surface area contributed by atoms with Crippen LogP contribution < -0.4 is 10.2 Å². The molecule has 2 N–H and O–H groups in total.